The van der Waals surface area contributed by atoms with E-state index in [-0.39, 0.29) is 18.0 Å². The van der Waals surface area contributed by atoms with Gasteiger partial charge < -0.3 is 20.5 Å². The molecule has 0 radical (unpaired) electrons. The van der Waals surface area contributed by atoms with Crippen molar-refractivity contribution in [2.45, 2.75) is 25.7 Å². The zero-order chi connectivity index (χ0) is 22.2. The zero-order valence-electron chi connectivity index (χ0n) is 16.9. The smallest absolute Gasteiger partial charge is 0.331 e. The molecule has 160 valence electrons. The highest BCUT2D eigenvalue weighted by molar-refractivity contribution is 6.02. The van der Waals surface area contributed by atoms with Crippen LogP contribution in [-0.4, -0.2) is 29.1 Å². The number of hydrogen-bond donors (Lipinski definition) is 3. The van der Waals surface area contributed by atoms with Crippen LogP contribution in [0, 0.1) is 5.82 Å². The number of halogens is 1. The molecule has 0 aliphatic carbocycles. The van der Waals surface area contributed by atoms with Gasteiger partial charge in [0.1, 0.15) is 12.4 Å². The van der Waals surface area contributed by atoms with E-state index >= 15 is 0 Å². The van der Waals surface area contributed by atoms with Gasteiger partial charge in [-0.1, -0.05) is 42.5 Å². The van der Waals surface area contributed by atoms with Gasteiger partial charge in [-0.2, -0.15) is 0 Å². The Bertz CT molecular complexity index is 1020. The van der Waals surface area contributed by atoms with Crippen LogP contribution in [0.1, 0.15) is 22.8 Å². The second kappa shape index (κ2) is 10.4. The number of carbonyl (C=O) groups excluding carboxylic acids is 2. The van der Waals surface area contributed by atoms with Gasteiger partial charge in [-0.15, -0.1) is 0 Å². The van der Waals surface area contributed by atoms with E-state index in [2.05, 4.69) is 10.6 Å². The highest BCUT2D eigenvalue weighted by atomic mass is 19.1. The maximum atomic E-state index is 13.1. The summed E-state index contributed by atoms with van der Waals surface area (Å²) in [5, 5.41) is 15.6. The monoisotopic (exact) mass is 422 g/mol. The Balaban J connectivity index is 1.70. The summed E-state index contributed by atoms with van der Waals surface area (Å²) in [5.41, 5.74) is 2.11. The minimum Gasteiger partial charge on any atom is -0.459 e. The molecule has 0 saturated carbocycles. The summed E-state index contributed by atoms with van der Waals surface area (Å²) in [5.74, 6) is -1.67. The summed E-state index contributed by atoms with van der Waals surface area (Å²) in [7, 11) is 0. The lowest BCUT2D eigenvalue weighted by atomic mass is 10.1. The lowest BCUT2D eigenvalue weighted by Gasteiger charge is -2.21. The van der Waals surface area contributed by atoms with Gasteiger partial charge in [0.2, 0.25) is 0 Å². The molecule has 0 spiro atoms. The molecule has 0 aromatic heterocycles. The lowest BCUT2D eigenvalue weighted by Crippen LogP contribution is -2.48. The number of aliphatic hydroxyl groups excluding tert-OH is 1. The van der Waals surface area contributed by atoms with Crippen LogP contribution in [0.15, 0.2) is 78.9 Å². The van der Waals surface area contributed by atoms with Crippen molar-refractivity contribution in [2.24, 2.45) is 0 Å². The second-order valence-electron chi connectivity index (χ2n) is 6.96. The van der Waals surface area contributed by atoms with Crippen LogP contribution in [-0.2, 0) is 16.1 Å². The molecule has 0 aliphatic heterocycles. The molecule has 6 nitrogen and oxygen atoms in total. The predicted octanol–water partition coefficient (Wildman–Crippen LogP) is 3.79. The SMILES string of the molecule is C[C@H](O)[C@H](NC(=O)c1ccccc1Nc1ccc(F)cc1)C(=O)OCc1ccccc1. The van der Waals surface area contributed by atoms with Crippen molar-refractivity contribution >= 4 is 23.3 Å². The molecule has 3 aromatic carbocycles. The normalized spacial score (nSPS) is 12.5. The molecule has 0 fully saturated rings. The van der Waals surface area contributed by atoms with Crippen molar-refractivity contribution in [3.8, 4) is 0 Å². The van der Waals surface area contributed by atoms with E-state index in [1.807, 2.05) is 18.2 Å². The van der Waals surface area contributed by atoms with Crippen LogP contribution in [0.2, 0.25) is 0 Å². The first kappa shape index (κ1) is 22.0. The Morgan fingerprint density at radius 3 is 2.29 bits per heavy atom. The van der Waals surface area contributed by atoms with Gasteiger partial charge in [0.05, 0.1) is 17.4 Å². The number of carbonyl (C=O) groups is 2. The summed E-state index contributed by atoms with van der Waals surface area (Å²) < 4.78 is 18.4. The van der Waals surface area contributed by atoms with Gasteiger partial charge in [0, 0.05) is 5.69 Å². The average Bonchev–Trinajstić information content (AvgIpc) is 2.78. The Morgan fingerprint density at radius 2 is 1.61 bits per heavy atom. The fourth-order valence-electron chi connectivity index (χ4n) is 2.89. The zero-order valence-corrected chi connectivity index (χ0v) is 16.9. The molecule has 0 heterocycles. The van der Waals surface area contributed by atoms with Crippen LogP contribution >= 0.6 is 0 Å². The molecule has 7 heteroatoms. The Morgan fingerprint density at radius 1 is 0.968 bits per heavy atom. The van der Waals surface area contributed by atoms with Crippen LogP contribution in [0.25, 0.3) is 0 Å². The van der Waals surface area contributed by atoms with E-state index in [9.17, 15) is 19.1 Å². The first-order chi connectivity index (χ1) is 14.9. The number of nitrogens with one attached hydrogen (secondary N) is 2. The van der Waals surface area contributed by atoms with Crippen LogP contribution in [0.5, 0.6) is 0 Å². The van der Waals surface area contributed by atoms with Crippen molar-refractivity contribution in [1.29, 1.82) is 0 Å². The van der Waals surface area contributed by atoms with Crippen LogP contribution < -0.4 is 10.6 Å². The molecule has 0 aliphatic rings. The van der Waals surface area contributed by atoms with E-state index in [0.29, 0.717) is 11.4 Å². The predicted molar refractivity (Wildman–Crippen MR) is 115 cm³/mol. The van der Waals surface area contributed by atoms with Gasteiger partial charge in [-0.3, -0.25) is 4.79 Å². The number of anilines is 2. The maximum Gasteiger partial charge on any atom is 0.331 e. The van der Waals surface area contributed by atoms with E-state index in [1.165, 1.54) is 19.1 Å². The highest BCUT2D eigenvalue weighted by Gasteiger charge is 2.28. The van der Waals surface area contributed by atoms with Crippen molar-refractivity contribution in [3.63, 3.8) is 0 Å². The molecule has 3 N–H and O–H groups in total. The number of aliphatic hydroxyl groups is 1. The topological polar surface area (TPSA) is 87.7 Å². The molecular weight excluding hydrogens is 399 g/mol. The Hall–Kier alpha value is -3.71. The highest BCUT2D eigenvalue weighted by Crippen LogP contribution is 2.21. The first-order valence-electron chi connectivity index (χ1n) is 9.75. The molecule has 0 bridgehead atoms. The number of benzene rings is 3. The molecule has 2 atom stereocenters. The molecular formula is C24H23FN2O4. The minimum atomic E-state index is -1.24. The Labute approximate surface area is 179 Å². The van der Waals surface area contributed by atoms with E-state index in [4.69, 9.17) is 4.74 Å². The maximum absolute atomic E-state index is 13.1. The van der Waals surface area contributed by atoms with Crippen LogP contribution in [0.4, 0.5) is 15.8 Å². The third-order valence-electron chi connectivity index (χ3n) is 4.54. The van der Waals surface area contributed by atoms with Gasteiger partial charge in [0.25, 0.3) is 5.91 Å². The van der Waals surface area contributed by atoms with Crippen molar-refractivity contribution in [3.05, 3.63) is 95.8 Å². The number of para-hydroxylation sites is 1. The van der Waals surface area contributed by atoms with Gasteiger partial charge >= 0.3 is 5.97 Å². The summed E-state index contributed by atoms with van der Waals surface area (Å²) in [4.78, 5) is 25.4. The largest absolute Gasteiger partial charge is 0.459 e. The fourth-order valence-corrected chi connectivity index (χ4v) is 2.89. The summed E-state index contributed by atoms with van der Waals surface area (Å²) in [6.45, 7) is 1.43. The Kier molecular flexibility index (Phi) is 7.35. The number of hydrogen-bond acceptors (Lipinski definition) is 5. The van der Waals surface area contributed by atoms with Gasteiger partial charge in [-0.05, 0) is 48.9 Å². The second-order valence-corrected chi connectivity index (χ2v) is 6.96. The minimum absolute atomic E-state index is 0.0292. The number of rotatable bonds is 8. The van der Waals surface area contributed by atoms with E-state index < -0.39 is 24.0 Å². The lowest BCUT2D eigenvalue weighted by molar-refractivity contribution is -0.150. The summed E-state index contributed by atoms with van der Waals surface area (Å²) in [6.07, 6.45) is -1.16. The van der Waals surface area contributed by atoms with Crippen molar-refractivity contribution in [2.75, 3.05) is 5.32 Å². The molecule has 1 amide bonds. The quantitative estimate of drug-likeness (QED) is 0.481. The summed E-state index contributed by atoms with van der Waals surface area (Å²) >= 11 is 0. The van der Waals surface area contributed by atoms with Crippen molar-refractivity contribution < 1.29 is 23.8 Å². The molecule has 31 heavy (non-hydrogen) atoms. The van der Waals surface area contributed by atoms with E-state index in [1.54, 1.807) is 48.5 Å². The van der Waals surface area contributed by atoms with Gasteiger partial charge in [0.15, 0.2) is 6.04 Å². The number of amides is 1. The number of ether oxygens (including phenoxy) is 1. The third-order valence-corrected chi connectivity index (χ3v) is 4.54. The average molecular weight is 422 g/mol. The molecule has 3 aromatic rings. The first-order valence-corrected chi connectivity index (χ1v) is 9.75. The number of esters is 1. The molecule has 0 saturated heterocycles. The summed E-state index contributed by atoms with van der Waals surface area (Å²) in [6, 6.07) is 20.2. The third kappa shape index (κ3) is 6.13. The van der Waals surface area contributed by atoms with Gasteiger partial charge in [-0.25, -0.2) is 9.18 Å². The molecule has 3 rings (SSSR count). The standard InChI is InChI=1S/C24H23FN2O4/c1-16(28)22(24(30)31-15-17-7-3-2-4-8-17)27-23(29)20-9-5-6-10-21(20)26-19-13-11-18(25)12-14-19/h2-14,16,22,26,28H,15H2,1H3,(H,27,29)/t16-,22-/m0/s1. The fraction of sp³-hybridized carbons (Fsp3) is 0.167. The van der Waals surface area contributed by atoms with Crippen LogP contribution in [0.3, 0.4) is 0 Å². The van der Waals surface area contributed by atoms with Crippen molar-refractivity contribution in [1.82, 2.24) is 5.32 Å². The van der Waals surface area contributed by atoms with E-state index in [0.717, 1.165) is 5.56 Å². The molecule has 0 unspecified atom stereocenters.